The highest BCUT2D eigenvalue weighted by Gasteiger charge is 2.08. The summed E-state index contributed by atoms with van der Waals surface area (Å²) >= 11 is 1.48. The first-order valence-electron chi connectivity index (χ1n) is 4.04. The molecular formula is C10H13NOS. The average Bonchev–Trinajstić information content (AvgIpc) is 2.53. The van der Waals surface area contributed by atoms with Crippen LogP contribution >= 0.6 is 11.3 Å². The third kappa shape index (κ3) is 2.70. The molecule has 2 nitrogen and oxygen atoms in total. The molecule has 0 aliphatic heterocycles. The van der Waals surface area contributed by atoms with Gasteiger partial charge in [-0.15, -0.1) is 11.3 Å². The Hall–Kier alpha value is -1.09. The van der Waals surface area contributed by atoms with Crippen molar-refractivity contribution in [2.45, 2.75) is 6.92 Å². The van der Waals surface area contributed by atoms with Crippen molar-refractivity contribution >= 4 is 17.1 Å². The molecule has 0 saturated carbocycles. The van der Waals surface area contributed by atoms with Crippen molar-refractivity contribution < 1.29 is 4.79 Å². The van der Waals surface area contributed by atoms with Crippen molar-refractivity contribution in [1.29, 1.82) is 0 Å². The van der Waals surface area contributed by atoms with Crippen LogP contribution in [0.5, 0.6) is 0 Å². The number of hydrogen-bond acceptors (Lipinski definition) is 3. The second kappa shape index (κ2) is 4.23. The van der Waals surface area contributed by atoms with Crippen LogP contribution in [0.15, 0.2) is 29.3 Å². The van der Waals surface area contributed by atoms with Crippen LogP contribution in [-0.4, -0.2) is 24.8 Å². The SMILES string of the molecule is C/C(=C/N(C)C)C(=O)c1cccs1. The highest BCUT2D eigenvalue weighted by atomic mass is 32.1. The van der Waals surface area contributed by atoms with E-state index in [2.05, 4.69) is 0 Å². The van der Waals surface area contributed by atoms with E-state index in [1.807, 2.05) is 49.6 Å². The van der Waals surface area contributed by atoms with E-state index in [0.29, 0.717) is 0 Å². The summed E-state index contributed by atoms with van der Waals surface area (Å²) in [6.45, 7) is 1.84. The van der Waals surface area contributed by atoms with Gasteiger partial charge in [0.2, 0.25) is 0 Å². The zero-order valence-corrected chi connectivity index (χ0v) is 8.89. The van der Waals surface area contributed by atoms with E-state index in [-0.39, 0.29) is 5.78 Å². The zero-order valence-electron chi connectivity index (χ0n) is 8.07. The lowest BCUT2D eigenvalue weighted by atomic mass is 10.2. The molecule has 0 radical (unpaired) electrons. The van der Waals surface area contributed by atoms with E-state index >= 15 is 0 Å². The van der Waals surface area contributed by atoms with E-state index in [1.54, 1.807) is 0 Å². The number of nitrogens with zero attached hydrogens (tertiary/aromatic N) is 1. The largest absolute Gasteiger partial charge is 0.383 e. The Bertz CT molecular complexity index is 312. The first-order chi connectivity index (χ1) is 6.11. The fourth-order valence-electron chi connectivity index (χ4n) is 1.05. The summed E-state index contributed by atoms with van der Waals surface area (Å²) in [5.41, 5.74) is 0.771. The van der Waals surface area contributed by atoms with Crippen molar-refractivity contribution in [3.05, 3.63) is 34.2 Å². The summed E-state index contributed by atoms with van der Waals surface area (Å²) < 4.78 is 0. The highest BCUT2D eigenvalue weighted by molar-refractivity contribution is 7.12. The Kier molecular flexibility index (Phi) is 3.25. The minimum absolute atomic E-state index is 0.115. The van der Waals surface area contributed by atoms with Crippen LogP contribution in [0.2, 0.25) is 0 Å². The number of hydrogen-bond donors (Lipinski definition) is 0. The minimum Gasteiger partial charge on any atom is -0.383 e. The maximum Gasteiger partial charge on any atom is 0.200 e. The van der Waals surface area contributed by atoms with Crippen molar-refractivity contribution in [2.75, 3.05) is 14.1 Å². The Morgan fingerprint density at radius 3 is 2.69 bits per heavy atom. The van der Waals surface area contributed by atoms with Gasteiger partial charge in [-0.1, -0.05) is 6.07 Å². The van der Waals surface area contributed by atoms with Gasteiger partial charge in [0.15, 0.2) is 5.78 Å². The molecule has 0 aliphatic rings. The summed E-state index contributed by atoms with van der Waals surface area (Å²) in [5.74, 6) is 0.115. The molecule has 0 amide bonds. The summed E-state index contributed by atoms with van der Waals surface area (Å²) in [7, 11) is 3.82. The van der Waals surface area contributed by atoms with Gasteiger partial charge in [-0.2, -0.15) is 0 Å². The molecule has 1 rings (SSSR count). The summed E-state index contributed by atoms with van der Waals surface area (Å²) in [6.07, 6.45) is 1.84. The molecule has 3 heteroatoms. The van der Waals surface area contributed by atoms with Gasteiger partial charge in [-0.05, 0) is 18.4 Å². The molecule has 0 aliphatic carbocycles. The molecule has 0 saturated heterocycles. The molecule has 0 aromatic carbocycles. The van der Waals surface area contributed by atoms with E-state index in [9.17, 15) is 4.79 Å². The lowest BCUT2D eigenvalue weighted by Crippen LogP contribution is -2.06. The number of carbonyl (C=O) groups excluding carboxylic acids is 1. The first-order valence-corrected chi connectivity index (χ1v) is 4.92. The molecule has 0 N–H and O–H groups in total. The molecule has 0 bridgehead atoms. The standard InChI is InChI=1S/C10H13NOS/c1-8(7-11(2)3)10(12)9-5-4-6-13-9/h4-7H,1-3H3/b8-7-. The smallest absolute Gasteiger partial charge is 0.200 e. The third-order valence-electron chi connectivity index (χ3n) is 1.55. The van der Waals surface area contributed by atoms with Crippen LogP contribution in [0.3, 0.4) is 0 Å². The molecule has 13 heavy (non-hydrogen) atoms. The lowest BCUT2D eigenvalue weighted by molar-refractivity contribution is 0.103. The summed E-state index contributed by atoms with van der Waals surface area (Å²) in [5, 5.41) is 1.91. The number of rotatable bonds is 3. The van der Waals surface area contributed by atoms with Crippen molar-refractivity contribution in [2.24, 2.45) is 0 Å². The number of thiophene rings is 1. The van der Waals surface area contributed by atoms with Gasteiger partial charge in [0, 0.05) is 25.9 Å². The fraction of sp³-hybridized carbons (Fsp3) is 0.300. The van der Waals surface area contributed by atoms with Crippen LogP contribution in [0.25, 0.3) is 0 Å². The van der Waals surface area contributed by atoms with Crippen LogP contribution in [0.1, 0.15) is 16.6 Å². The fourth-order valence-corrected chi connectivity index (χ4v) is 1.78. The van der Waals surface area contributed by atoms with Gasteiger partial charge in [-0.25, -0.2) is 0 Å². The van der Waals surface area contributed by atoms with Gasteiger partial charge < -0.3 is 4.90 Å². The Morgan fingerprint density at radius 1 is 1.54 bits per heavy atom. The summed E-state index contributed by atoms with van der Waals surface area (Å²) in [4.78, 5) is 14.3. The number of allylic oxidation sites excluding steroid dienone is 1. The molecular weight excluding hydrogens is 182 g/mol. The van der Waals surface area contributed by atoms with Crippen molar-refractivity contribution in [1.82, 2.24) is 4.90 Å². The van der Waals surface area contributed by atoms with Gasteiger partial charge in [-0.3, -0.25) is 4.79 Å². The molecule has 0 fully saturated rings. The third-order valence-corrected chi connectivity index (χ3v) is 2.42. The number of ketones is 1. The number of Topliss-reactive ketones (excluding diaryl/α,β-unsaturated/α-hetero) is 1. The molecule has 1 heterocycles. The van der Waals surface area contributed by atoms with E-state index in [0.717, 1.165) is 10.5 Å². The van der Waals surface area contributed by atoms with Gasteiger partial charge in [0.25, 0.3) is 0 Å². The Labute approximate surface area is 82.5 Å². The van der Waals surface area contributed by atoms with Crippen molar-refractivity contribution in [3.8, 4) is 0 Å². The minimum atomic E-state index is 0.115. The quantitative estimate of drug-likeness (QED) is 0.545. The average molecular weight is 195 g/mol. The second-order valence-corrected chi connectivity index (χ2v) is 4.03. The highest BCUT2D eigenvalue weighted by Crippen LogP contribution is 2.13. The predicted molar refractivity (Wildman–Crippen MR) is 56.1 cm³/mol. The van der Waals surface area contributed by atoms with Crippen LogP contribution in [0, 0.1) is 0 Å². The Morgan fingerprint density at radius 2 is 2.23 bits per heavy atom. The maximum absolute atomic E-state index is 11.7. The molecule has 0 spiro atoms. The lowest BCUT2D eigenvalue weighted by Gasteiger charge is -2.06. The molecule has 1 aromatic rings. The van der Waals surface area contributed by atoms with Gasteiger partial charge in [0.1, 0.15) is 0 Å². The normalized spacial score (nSPS) is 11.5. The van der Waals surface area contributed by atoms with Crippen LogP contribution in [-0.2, 0) is 0 Å². The van der Waals surface area contributed by atoms with Crippen molar-refractivity contribution in [3.63, 3.8) is 0 Å². The van der Waals surface area contributed by atoms with E-state index in [4.69, 9.17) is 0 Å². The molecule has 0 atom stereocenters. The molecule has 1 aromatic heterocycles. The monoisotopic (exact) mass is 195 g/mol. The topological polar surface area (TPSA) is 20.3 Å². The number of carbonyl (C=O) groups is 1. The molecule has 70 valence electrons. The Balaban J connectivity index is 2.80. The maximum atomic E-state index is 11.7. The van der Waals surface area contributed by atoms with Crippen LogP contribution in [0.4, 0.5) is 0 Å². The summed E-state index contributed by atoms with van der Waals surface area (Å²) in [6, 6.07) is 3.74. The zero-order chi connectivity index (χ0) is 9.84. The van der Waals surface area contributed by atoms with Gasteiger partial charge >= 0.3 is 0 Å². The van der Waals surface area contributed by atoms with E-state index < -0.39 is 0 Å². The first kappa shape index (κ1) is 9.99. The van der Waals surface area contributed by atoms with Crippen LogP contribution < -0.4 is 0 Å². The predicted octanol–water partition coefficient (Wildman–Crippen LogP) is 2.40. The van der Waals surface area contributed by atoms with Gasteiger partial charge in [0.05, 0.1) is 4.88 Å². The van der Waals surface area contributed by atoms with E-state index in [1.165, 1.54) is 11.3 Å². The molecule has 0 unspecified atom stereocenters. The second-order valence-electron chi connectivity index (χ2n) is 3.08.